The zero-order valence-corrected chi connectivity index (χ0v) is 22.0. The van der Waals surface area contributed by atoms with Crippen LogP contribution in [0.3, 0.4) is 0 Å². The fraction of sp³-hybridized carbons (Fsp3) is 0.414. The topological polar surface area (TPSA) is 120 Å². The summed E-state index contributed by atoms with van der Waals surface area (Å²) in [7, 11) is 3.15. The standard InChI is InChI=1S/C28H34N4O3.CH5N/c1-3-25(33)31-24(16-21-18-30-23-13-8-7-12-22(21)23)26(34)32-15-9-14-28(19-32,27(35)29-2)17-20-10-5-4-6-11-20;1-2/h4-8,10-13,18,24,30H,3,9,14-17,19H2,1-2H3,(H,29,35)(H,31,33);2H2,1H3/t24-,28?;/m1./s1. The van der Waals surface area contributed by atoms with Gasteiger partial charge in [0.05, 0.1) is 5.41 Å². The van der Waals surface area contributed by atoms with Gasteiger partial charge >= 0.3 is 0 Å². The van der Waals surface area contributed by atoms with Crippen LogP contribution in [0.25, 0.3) is 10.9 Å². The molecule has 0 radical (unpaired) electrons. The summed E-state index contributed by atoms with van der Waals surface area (Å²) in [5.41, 5.74) is 6.84. The Bertz CT molecular complexity index is 1190. The monoisotopic (exact) mass is 505 g/mol. The maximum atomic E-state index is 13.8. The van der Waals surface area contributed by atoms with Crippen molar-refractivity contribution in [3.63, 3.8) is 0 Å². The third kappa shape index (κ3) is 6.57. The van der Waals surface area contributed by atoms with Crippen LogP contribution in [0.2, 0.25) is 0 Å². The molecule has 8 nitrogen and oxygen atoms in total. The second-order valence-electron chi connectivity index (χ2n) is 9.42. The van der Waals surface area contributed by atoms with Crippen LogP contribution < -0.4 is 16.4 Å². The zero-order chi connectivity index (χ0) is 26.8. The van der Waals surface area contributed by atoms with E-state index in [2.05, 4.69) is 21.4 Å². The summed E-state index contributed by atoms with van der Waals surface area (Å²) in [6.07, 6.45) is 4.59. The van der Waals surface area contributed by atoms with Gasteiger partial charge in [-0.1, -0.05) is 55.5 Å². The third-order valence-corrected chi connectivity index (χ3v) is 7.04. The number of amides is 3. The first-order valence-electron chi connectivity index (χ1n) is 12.9. The Kier molecular flexibility index (Phi) is 9.85. The molecule has 4 rings (SSSR count). The minimum Gasteiger partial charge on any atom is -0.361 e. The number of piperidine rings is 1. The van der Waals surface area contributed by atoms with Crippen molar-refractivity contribution in [2.24, 2.45) is 11.1 Å². The lowest BCUT2D eigenvalue weighted by molar-refractivity contribution is -0.144. The molecule has 0 aliphatic carbocycles. The van der Waals surface area contributed by atoms with Gasteiger partial charge < -0.3 is 26.3 Å². The zero-order valence-electron chi connectivity index (χ0n) is 22.0. The van der Waals surface area contributed by atoms with Crippen LogP contribution in [0, 0.1) is 5.41 Å². The minimum absolute atomic E-state index is 0.0513. The van der Waals surface area contributed by atoms with Crippen molar-refractivity contribution in [1.82, 2.24) is 20.5 Å². The van der Waals surface area contributed by atoms with E-state index in [1.807, 2.05) is 60.8 Å². The van der Waals surface area contributed by atoms with Gasteiger partial charge in [0.1, 0.15) is 6.04 Å². The molecular weight excluding hydrogens is 466 g/mol. The van der Waals surface area contributed by atoms with E-state index in [1.54, 1.807) is 18.9 Å². The second-order valence-corrected chi connectivity index (χ2v) is 9.42. The molecule has 2 heterocycles. The average Bonchev–Trinajstić information content (AvgIpc) is 3.36. The van der Waals surface area contributed by atoms with E-state index >= 15 is 0 Å². The third-order valence-electron chi connectivity index (χ3n) is 7.04. The number of aromatic amines is 1. The second kappa shape index (κ2) is 13.1. The molecule has 2 atom stereocenters. The molecule has 37 heavy (non-hydrogen) atoms. The van der Waals surface area contributed by atoms with Gasteiger partial charge in [0.2, 0.25) is 17.7 Å². The van der Waals surface area contributed by atoms with E-state index < -0.39 is 11.5 Å². The molecule has 1 unspecified atom stereocenters. The number of hydrogen-bond acceptors (Lipinski definition) is 4. The molecule has 3 amide bonds. The van der Waals surface area contributed by atoms with Gasteiger partial charge in [0, 0.05) is 50.1 Å². The summed E-state index contributed by atoms with van der Waals surface area (Å²) in [6, 6.07) is 17.2. The van der Waals surface area contributed by atoms with Crippen molar-refractivity contribution in [3.8, 4) is 0 Å². The summed E-state index contributed by atoms with van der Waals surface area (Å²) in [5, 5.41) is 6.81. The first-order chi connectivity index (χ1) is 18.0. The highest BCUT2D eigenvalue weighted by Crippen LogP contribution is 2.35. The molecule has 0 spiro atoms. The number of nitrogens with one attached hydrogen (secondary N) is 3. The summed E-state index contributed by atoms with van der Waals surface area (Å²) in [4.78, 5) is 44.4. The fourth-order valence-corrected chi connectivity index (χ4v) is 5.22. The Hall–Kier alpha value is -3.65. The molecule has 5 N–H and O–H groups in total. The number of aromatic nitrogens is 1. The Morgan fingerprint density at radius 3 is 2.49 bits per heavy atom. The number of nitrogens with two attached hydrogens (primary N) is 1. The van der Waals surface area contributed by atoms with Crippen LogP contribution >= 0.6 is 0 Å². The molecule has 8 heteroatoms. The number of para-hydroxylation sites is 1. The maximum Gasteiger partial charge on any atom is 0.245 e. The van der Waals surface area contributed by atoms with Crippen LogP contribution in [0.15, 0.2) is 60.8 Å². The van der Waals surface area contributed by atoms with Crippen molar-refractivity contribution < 1.29 is 14.4 Å². The van der Waals surface area contributed by atoms with Crippen LogP contribution in [-0.2, 0) is 27.2 Å². The molecule has 3 aromatic rings. The molecular formula is C29H39N5O3. The molecule has 1 aliphatic heterocycles. The van der Waals surface area contributed by atoms with Crippen molar-refractivity contribution in [2.75, 3.05) is 27.2 Å². The van der Waals surface area contributed by atoms with E-state index in [9.17, 15) is 14.4 Å². The quantitative estimate of drug-likeness (QED) is 0.376. The number of likely N-dealkylation sites (tertiary alicyclic amines) is 1. The van der Waals surface area contributed by atoms with Crippen LogP contribution in [0.4, 0.5) is 0 Å². The number of carbonyl (C=O) groups excluding carboxylic acids is 3. The van der Waals surface area contributed by atoms with Gasteiger partial charge in [-0.2, -0.15) is 0 Å². The SMILES string of the molecule is CCC(=O)N[C@H](Cc1c[nH]c2ccccc12)C(=O)N1CCCC(Cc2ccccc2)(C(=O)NC)C1.CN. The molecule has 1 saturated heterocycles. The number of carbonyl (C=O) groups is 3. The number of hydrogen-bond donors (Lipinski definition) is 4. The van der Waals surface area contributed by atoms with Crippen molar-refractivity contribution >= 4 is 28.6 Å². The van der Waals surface area contributed by atoms with Crippen LogP contribution in [0.1, 0.15) is 37.3 Å². The van der Waals surface area contributed by atoms with E-state index in [1.165, 1.54) is 7.05 Å². The Morgan fingerprint density at radius 2 is 1.78 bits per heavy atom. The largest absolute Gasteiger partial charge is 0.361 e. The van der Waals surface area contributed by atoms with E-state index in [0.717, 1.165) is 28.5 Å². The van der Waals surface area contributed by atoms with E-state index in [0.29, 0.717) is 38.8 Å². The number of nitrogens with zero attached hydrogens (tertiary/aromatic N) is 1. The van der Waals surface area contributed by atoms with E-state index in [-0.39, 0.29) is 17.7 Å². The smallest absolute Gasteiger partial charge is 0.245 e. The highest BCUT2D eigenvalue weighted by molar-refractivity contribution is 5.90. The molecule has 198 valence electrons. The normalized spacial score (nSPS) is 17.9. The lowest BCUT2D eigenvalue weighted by atomic mass is 9.74. The van der Waals surface area contributed by atoms with Gasteiger partial charge in [-0.25, -0.2) is 0 Å². The Labute approximate surface area is 219 Å². The summed E-state index contributed by atoms with van der Waals surface area (Å²) < 4.78 is 0. The molecule has 2 aromatic carbocycles. The fourth-order valence-electron chi connectivity index (χ4n) is 5.22. The molecule has 0 bridgehead atoms. The van der Waals surface area contributed by atoms with Gasteiger partial charge in [-0.15, -0.1) is 0 Å². The average molecular weight is 506 g/mol. The number of benzene rings is 2. The Balaban J connectivity index is 0.00000186. The van der Waals surface area contributed by atoms with E-state index in [4.69, 9.17) is 0 Å². The number of fused-ring (bicyclic) bond motifs is 1. The molecule has 1 aliphatic rings. The minimum atomic E-state index is -0.704. The lowest BCUT2D eigenvalue weighted by Crippen LogP contribution is -2.58. The Morgan fingerprint density at radius 1 is 1.08 bits per heavy atom. The predicted octanol–water partition coefficient (Wildman–Crippen LogP) is 2.78. The molecule has 1 fully saturated rings. The number of rotatable bonds is 8. The predicted molar refractivity (Wildman–Crippen MR) is 147 cm³/mol. The van der Waals surface area contributed by atoms with Crippen molar-refractivity contribution in [2.45, 2.75) is 45.1 Å². The van der Waals surface area contributed by atoms with Gasteiger partial charge in [-0.05, 0) is 43.5 Å². The highest BCUT2D eigenvalue weighted by atomic mass is 16.2. The summed E-state index contributed by atoms with van der Waals surface area (Å²) in [5.74, 6) is -0.357. The summed E-state index contributed by atoms with van der Waals surface area (Å²) in [6.45, 7) is 2.67. The van der Waals surface area contributed by atoms with Gasteiger partial charge in [0.15, 0.2) is 0 Å². The first kappa shape index (κ1) is 27.9. The lowest BCUT2D eigenvalue weighted by Gasteiger charge is -2.42. The first-order valence-corrected chi connectivity index (χ1v) is 12.9. The van der Waals surface area contributed by atoms with Crippen molar-refractivity contribution in [3.05, 3.63) is 71.9 Å². The number of H-pyrrole nitrogens is 1. The summed E-state index contributed by atoms with van der Waals surface area (Å²) >= 11 is 0. The maximum absolute atomic E-state index is 13.8. The van der Waals surface area contributed by atoms with Gasteiger partial charge in [0.25, 0.3) is 0 Å². The molecule has 1 aromatic heterocycles. The van der Waals surface area contributed by atoms with Gasteiger partial charge in [-0.3, -0.25) is 14.4 Å². The van der Waals surface area contributed by atoms with Crippen LogP contribution in [0.5, 0.6) is 0 Å². The van der Waals surface area contributed by atoms with Crippen LogP contribution in [-0.4, -0.2) is 60.8 Å². The molecule has 0 saturated carbocycles. The highest BCUT2D eigenvalue weighted by Gasteiger charge is 2.44. The van der Waals surface area contributed by atoms with Crippen molar-refractivity contribution in [1.29, 1.82) is 0 Å².